The Morgan fingerprint density at radius 1 is 1.39 bits per heavy atom. The fraction of sp³-hybridized carbons (Fsp3) is 0.700. The minimum atomic E-state index is 0.183. The maximum atomic E-state index is 9.43. The lowest BCUT2D eigenvalue weighted by atomic mass is 9.60. The molecule has 1 aliphatic rings. The molecule has 1 aromatic carbocycles. The first-order chi connectivity index (χ1) is 10.9. The molecule has 2 atom stereocenters. The molecule has 1 aromatic rings. The summed E-state index contributed by atoms with van der Waals surface area (Å²) in [5, 5.41) is 9.43. The van der Waals surface area contributed by atoms with E-state index in [2.05, 4.69) is 44.7 Å². The van der Waals surface area contributed by atoms with Crippen LogP contribution in [0.15, 0.2) is 18.2 Å². The summed E-state index contributed by atoms with van der Waals surface area (Å²) in [6.45, 7) is 11.0. The van der Waals surface area contributed by atoms with E-state index in [-0.39, 0.29) is 12.0 Å². The van der Waals surface area contributed by atoms with Gasteiger partial charge in [-0.25, -0.2) is 0 Å². The van der Waals surface area contributed by atoms with Gasteiger partial charge in [0.2, 0.25) is 0 Å². The van der Waals surface area contributed by atoms with Gasteiger partial charge in [0.05, 0.1) is 6.61 Å². The van der Waals surface area contributed by atoms with E-state index in [1.165, 1.54) is 36.9 Å². The molecule has 0 saturated heterocycles. The number of likely N-dealkylation sites (N-methyl/N-ethyl adjacent to an activating group) is 1. The number of hydrogen-bond donors (Lipinski definition) is 2. The van der Waals surface area contributed by atoms with Gasteiger partial charge >= 0.3 is 0 Å². The summed E-state index contributed by atoms with van der Waals surface area (Å²) in [7, 11) is 0. The first kappa shape index (κ1) is 18.1. The van der Waals surface area contributed by atoms with E-state index in [0.717, 1.165) is 18.2 Å². The Balaban J connectivity index is 2.55. The summed E-state index contributed by atoms with van der Waals surface area (Å²) >= 11 is 0. The van der Waals surface area contributed by atoms with Gasteiger partial charge < -0.3 is 15.7 Å². The van der Waals surface area contributed by atoms with Gasteiger partial charge in [-0.1, -0.05) is 33.6 Å². The normalized spacial score (nSPS) is 24.9. The average molecular weight is 319 g/mol. The maximum Gasteiger partial charge on any atom is 0.0606 e. The molecule has 0 heterocycles. The Morgan fingerprint density at radius 3 is 2.70 bits per heavy atom. The average Bonchev–Trinajstić information content (AvgIpc) is 2.52. The van der Waals surface area contributed by atoms with Gasteiger partial charge in [-0.3, -0.25) is 0 Å². The molecule has 130 valence electrons. The third-order valence-corrected chi connectivity index (χ3v) is 5.79. The molecule has 1 saturated carbocycles. The van der Waals surface area contributed by atoms with Crippen LogP contribution in [0.25, 0.3) is 0 Å². The minimum Gasteiger partial charge on any atom is -0.399 e. The molecule has 23 heavy (non-hydrogen) atoms. The lowest BCUT2D eigenvalue weighted by Gasteiger charge is -2.46. The first-order valence-corrected chi connectivity index (χ1v) is 9.20. The van der Waals surface area contributed by atoms with Gasteiger partial charge in [0, 0.05) is 24.5 Å². The van der Waals surface area contributed by atoms with Gasteiger partial charge in [0.25, 0.3) is 0 Å². The number of benzene rings is 1. The SMILES string of the molecule is CCN(CCO)c1ccc(N)cc1C1(C(C)C)CCCC(C)C1. The molecule has 0 amide bonds. The Morgan fingerprint density at radius 2 is 2.13 bits per heavy atom. The van der Waals surface area contributed by atoms with Crippen molar-refractivity contribution in [3.05, 3.63) is 23.8 Å². The zero-order chi connectivity index (χ0) is 17.0. The third kappa shape index (κ3) is 3.65. The Labute approximate surface area is 141 Å². The van der Waals surface area contributed by atoms with Crippen LogP contribution < -0.4 is 10.6 Å². The van der Waals surface area contributed by atoms with Crippen LogP contribution in [0, 0.1) is 11.8 Å². The monoisotopic (exact) mass is 318 g/mol. The van der Waals surface area contributed by atoms with E-state index >= 15 is 0 Å². The highest BCUT2D eigenvalue weighted by atomic mass is 16.3. The molecule has 0 aliphatic heterocycles. The smallest absolute Gasteiger partial charge is 0.0606 e. The molecule has 2 rings (SSSR count). The van der Waals surface area contributed by atoms with Crippen LogP contribution >= 0.6 is 0 Å². The molecule has 1 fully saturated rings. The van der Waals surface area contributed by atoms with Crippen molar-refractivity contribution in [2.45, 2.75) is 58.8 Å². The standard InChI is InChI=1S/C20H34N2O/c1-5-22(11-12-23)19-9-8-17(21)13-18(19)20(15(2)3)10-6-7-16(4)14-20/h8-9,13,15-16,23H,5-7,10-12,14,21H2,1-4H3. The molecular weight excluding hydrogens is 284 g/mol. The number of aliphatic hydroxyl groups is 1. The van der Waals surface area contributed by atoms with Gasteiger partial charge in [0.15, 0.2) is 0 Å². The number of anilines is 2. The summed E-state index contributed by atoms with van der Waals surface area (Å²) in [5.74, 6) is 1.34. The zero-order valence-electron chi connectivity index (χ0n) is 15.3. The molecule has 0 bridgehead atoms. The van der Waals surface area contributed by atoms with Crippen LogP contribution in [0.3, 0.4) is 0 Å². The quantitative estimate of drug-likeness (QED) is 0.773. The van der Waals surface area contributed by atoms with Crippen LogP contribution in [0.2, 0.25) is 0 Å². The van der Waals surface area contributed by atoms with Crippen LogP contribution in [0.1, 0.15) is 58.9 Å². The molecule has 0 radical (unpaired) electrons. The second kappa shape index (κ2) is 7.57. The van der Waals surface area contributed by atoms with E-state index in [1.54, 1.807) is 0 Å². The van der Waals surface area contributed by atoms with E-state index in [4.69, 9.17) is 5.73 Å². The second-order valence-electron chi connectivity index (χ2n) is 7.59. The predicted octanol–water partition coefficient (Wildman–Crippen LogP) is 4.19. The van der Waals surface area contributed by atoms with Gasteiger partial charge in [-0.15, -0.1) is 0 Å². The molecule has 2 unspecified atom stereocenters. The van der Waals surface area contributed by atoms with Crippen LogP contribution in [-0.4, -0.2) is 24.8 Å². The van der Waals surface area contributed by atoms with Crippen molar-refractivity contribution < 1.29 is 5.11 Å². The van der Waals surface area contributed by atoms with E-state index in [0.29, 0.717) is 12.5 Å². The number of nitrogen functional groups attached to an aromatic ring is 1. The van der Waals surface area contributed by atoms with Crippen LogP contribution in [0.5, 0.6) is 0 Å². The zero-order valence-corrected chi connectivity index (χ0v) is 15.3. The number of hydrogen-bond acceptors (Lipinski definition) is 3. The molecule has 3 heteroatoms. The maximum absolute atomic E-state index is 9.43. The lowest BCUT2D eigenvalue weighted by molar-refractivity contribution is 0.174. The van der Waals surface area contributed by atoms with Crippen molar-refractivity contribution >= 4 is 11.4 Å². The first-order valence-electron chi connectivity index (χ1n) is 9.20. The predicted molar refractivity (Wildman–Crippen MR) is 100.0 cm³/mol. The fourth-order valence-corrected chi connectivity index (χ4v) is 4.47. The molecular formula is C20H34N2O. The second-order valence-corrected chi connectivity index (χ2v) is 7.59. The fourth-order valence-electron chi connectivity index (χ4n) is 4.47. The van der Waals surface area contributed by atoms with Gasteiger partial charge in [-0.05, 0) is 60.8 Å². The van der Waals surface area contributed by atoms with Gasteiger partial charge in [-0.2, -0.15) is 0 Å². The highest BCUT2D eigenvalue weighted by Gasteiger charge is 2.41. The van der Waals surface area contributed by atoms with E-state index in [1.807, 2.05) is 6.07 Å². The number of rotatable bonds is 6. The summed E-state index contributed by atoms with van der Waals surface area (Å²) in [4.78, 5) is 2.29. The molecule has 0 aromatic heterocycles. The number of nitrogens with zero attached hydrogens (tertiary/aromatic N) is 1. The summed E-state index contributed by atoms with van der Waals surface area (Å²) in [6.07, 6.45) is 5.10. The van der Waals surface area contributed by atoms with Crippen molar-refractivity contribution in [2.24, 2.45) is 11.8 Å². The summed E-state index contributed by atoms with van der Waals surface area (Å²) < 4.78 is 0. The molecule has 3 nitrogen and oxygen atoms in total. The van der Waals surface area contributed by atoms with Crippen molar-refractivity contribution in [3.63, 3.8) is 0 Å². The molecule has 1 aliphatic carbocycles. The Kier molecular flexibility index (Phi) is 5.96. The van der Waals surface area contributed by atoms with Crippen molar-refractivity contribution in [3.8, 4) is 0 Å². The van der Waals surface area contributed by atoms with Crippen LogP contribution in [0.4, 0.5) is 11.4 Å². The summed E-state index contributed by atoms with van der Waals surface area (Å²) in [5.41, 5.74) is 9.88. The topological polar surface area (TPSA) is 49.5 Å². The minimum absolute atomic E-state index is 0.183. The van der Waals surface area contributed by atoms with Crippen molar-refractivity contribution in [1.82, 2.24) is 0 Å². The molecule has 0 spiro atoms. The highest BCUT2D eigenvalue weighted by molar-refractivity contribution is 5.62. The third-order valence-electron chi connectivity index (χ3n) is 5.79. The highest BCUT2D eigenvalue weighted by Crippen LogP contribution is 2.50. The Hall–Kier alpha value is -1.22. The van der Waals surface area contributed by atoms with Gasteiger partial charge in [0.1, 0.15) is 0 Å². The van der Waals surface area contributed by atoms with E-state index in [9.17, 15) is 5.11 Å². The number of nitrogens with two attached hydrogens (primary N) is 1. The van der Waals surface area contributed by atoms with Crippen LogP contribution in [-0.2, 0) is 5.41 Å². The summed E-state index contributed by atoms with van der Waals surface area (Å²) in [6, 6.07) is 6.36. The largest absolute Gasteiger partial charge is 0.399 e. The lowest BCUT2D eigenvalue weighted by Crippen LogP contribution is -2.39. The molecule has 3 N–H and O–H groups in total. The Bertz CT molecular complexity index is 514. The van der Waals surface area contributed by atoms with Crippen molar-refractivity contribution in [1.29, 1.82) is 0 Å². The van der Waals surface area contributed by atoms with Crippen molar-refractivity contribution in [2.75, 3.05) is 30.3 Å². The van der Waals surface area contributed by atoms with E-state index < -0.39 is 0 Å². The number of aliphatic hydroxyl groups excluding tert-OH is 1.